The van der Waals surface area contributed by atoms with Crippen molar-refractivity contribution in [3.05, 3.63) is 29.1 Å². The van der Waals surface area contributed by atoms with Crippen LogP contribution in [0.1, 0.15) is 50.7 Å². The third-order valence-corrected chi connectivity index (χ3v) is 5.18. The van der Waals surface area contributed by atoms with Crippen LogP contribution in [0.5, 0.6) is 0 Å². The average Bonchev–Trinajstić information content (AvgIpc) is 2.26. The van der Waals surface area contributed by atoms with Gasteiger partial charge in [0.2, 0.25) is 10.0 Å². The molecule has 0 aliphatic rings. The van der Waals surface area contributed by atoms with Crippen molar-refractivity contribution in [2.45, 2.75) is 64.3 Å². The maximum Gasteiger partial charge on any atom is 0.241 e. The number of benzene rings is 1. The van der Waals surface area contributed by atoms with Gasteiger partial charge >= 0.3 is 0 Å². The molecule has 1 rings (SSSR count). The van der Waals surface area contributed by atoms with Gasteiger partial charge in [-0.05, 0) is 50.5 Å². The summed E-state index contributed by atoms with van der Waals surface area (Å²) in [5, 5.41) is 0. The second-order valence-electron chi connectivity index (χ2n) is 5.39. The van der Waals surface area contributed by atoms with Gasteiger partial charge < -0.3 is 0 Å². The molecule has 0 bridgehead atoms. The normalized spacial score (nSPS) is 13.4. The molecule has 0 saturated carbocycles. The van der Waals surface area contributed by atoms with E-state index in [1.165, 1.54) is 12.1 Å². The van der Waals surface area contributed by atoms with Crippen LogP contribution in [-0.2, 0) is 10.0 Å². The largest absolute Gasteiger partial charge is 0.241 e. The first-order chi connectivity index (χ1) is 9.27. The quantitative estimate of drug-likeness (QED) is 0.781. The highest BCUT2D eigenvalue weighted by Gasteiger charge is 2.22. The van der Waals surface area contributed by atoms with Crippen LogP contribution in [0.25, 0.3) is 0 Å². The smallest absolute Gasteiger partial charge is 0.208 e. The van der Waals surface area contributed by atoms with E-state index in [0.717, 1.165) is 25.7 Å². The van der Waals surface area contributed by atoms with E-state index in [2.05, 4.69) is 11.6 Å². The molecule has 0 heterocycles. The van der Waals surface area contributed by atoms with E-state index in [1.54, 1.807) is 13.8 Å². The summed E-state index contributed by atoms with van der Waals surface area (Å²) < 4.78 is 40.7. The van der Waals surface area contributed by atoms with Crippen LogP contribution < -0.4 is 4.72 Å². The lowest BCUT2D eigenvalue weighted by Crippen LogP contribution is -2.33. The first kappa shape index (κ1) is 17.1. The Labute approximate surface area is 121 Å². The van der Waals surface area contributed by atoms with Crippen LogP contribution in [0, 0.1) is 19.7 Å². The molecule has 0 aliphatic heterocycles. The van der Waals surface area contributed by atoms with Gasteiger partial charge in [-0.1, -0.05) is 26.2 Å². The predicted molar refractivity (Wildman–Crippen MR) is 79.8 cm³/mol. The summed E-state index contributed by atoms with van der Waals surface area (Å²) in [6.07, 6.45) is 4.02. The van der Waals surface area contributed by atoms with Gasteiger partial charge in [-0.2, -0.15) is 0 Å². The molecular formula is C15H24FNO2S. The maximum atomic E-state index is 13.2. The molecule has 0 fully saturated rings. The highest BCUT2D eigenvalue weighted by Crippen LogP contribution is 2.22. The number of sulfonamides is 1. The zero-order valence-electron chi connectivity index (χ0n) is 12.7. The molecule has 0 aliphatic carbocycles. The molecule has 0 amide bonds. The van der Waals surface area contributed by atoms with Crippen molar-refractivity contribution in [3.63, 3.8) is 0 Å². The summed E-state index contributed by atoms with van der Waals surface area (Å²) in [5.41, 5.74) is 0.881. The minimum absolute atomic E-state index is 0.115. The van der Waals surface area contributed by atoms with Crippen molar-refractivity contribution in [3.8, 4) is 0 Å². The van der Waals surface area contributed by atoms with Gasteiger partial charge in [0, 0.05) is 6.04 Å². The van der Waals surface area contributed by atoms with Crippen molar-refractivity contribution in [2.75, 3.05) is 0 Å². The van der Waals surface area contributed by atoms with Crippen LogP contribution >= 0.6 is 0 Å². The summed E-state index contributed by atoms with van der Waals surface area (Å²) in [6.45, 7) is 7.21. The molecule has 0 spiro atoms. The molecule has 0 aromatic heterocycles. The SMILES string of the molecule is CCCCCC(C)NS(=O)(=O)c1c(C)cc(F)cc1C. The van der Waals surface area contributed by atoms with E-state index in [-0.39, 0.29) is 10.9 Å². The topological polar surface area (TPSA) is 46.2 Å². The van der Waals surface area contributed by atoms with Gasteiger partial charge in [-0.15, -0.1) is 0 Å². The standard InChI is InChI=1S/C15H24FNO2S/c1-5-6-7-8-13(4)17-20(18,19)15-11(2)9-14(16)10-12(15)3/h9-10,13,17H,5-8H2,1-4H3. The van der Waals surface area contributed by atoms with Gasteiger partial charge in [-0.3, -0.25) is 0 Å². The van der Waals surface area contributed by atoms with Crippen molar-refractivity contribution in [1.82, 2.24) is 4.72 Å². The number of hydrogen-bond donors (Lipinski definition) is 1. The van der Waals surface area contributed by atoms with Crippen LogP contribution in [0.15, 0.2) is 17.0 Å². The predicted octanol–water partition coefficient (Wildman–Crippen LogP) is 3.69. The minimum Gasteiger partial charge on any atom is -0.208 e. The van der Waals surface area contributed by atoms with E-state index >= 15 is 0 Å². The van der Waals surface area contributed by atoms with Crippen molar-refractivity contribution in [2.24, 2.45) is 0 Å². The Balaban J connectivity index is 2.89. The van der Waals surface area contributed by atoms with Crippen LogP contribution in [0.3, 0.4) is 0 Å². The Morgan fingerprint density at radius 1 is 1.20 bits per heavy atom. The van der Waals surface area contributed by atoms with Crippen LogP contribution in [-0.4, -0.2) is 14.5 Å². The second kappa shape index (κ2) is 7.18. The number of unbranched alkanes of at least 4 members (excludes halogenated alkanes) is 2. The van der Waals surface area contributed by atoms with Gasteiger partial charge in [0.05, 0.1) is 4.90 Å². The molecule has 0 radical (unpaired) electrons. The van der Waals surface area contributed by atoms with Crippen LogP contribution in [0.2, 0.25) is 0 Å². The van der Waals surface area contributed by atoms with E-state index in [0.29, 0.717) is 11.1 Å². The van der Waals surface area contributed by atoms with E-state index < -0.39 is 15.8 Å². The summed E-state index contributed by atoms with van der Waals surface area (Å²) in [4.78, 5) is 0.196. The molecule has 1 aromatic carbocycles. The lowest BCUT2D eigenvalue weighted by atomic mass is 10.1. The molecule has 1 unspecified atom stereocenters. The van der Waals surface area contributed by atoms with E-state index in [1.807, 2.05) is 6.92 Å². The average molecular weight is 301 g/mol. The third-order valence-electron chi connectivity index (χ3n) is 3.29. The van der Waals surface area contributed by atoms with E-state index in [4.69, 9.17) is 0 Å². The molecular weight excluding hydrogens is 277 g/mol. The van der Waals surface area contributed by atoms with Gasteiger partial charge in [0.1, 0.15) is 5.82 Å². The fourth-order valence-electron chi connectivity index (χ4n) is 2.40. The Hall–Kier alpha value is -0.940. The number of rotatable bonds is 7. The molecule has 3 nitrogen and oxygen atoms in total. The van der Waals surface area contributed by atoms with Gasteiger partial charge in [-0.25, -0.2) is 17.5 Å². The first-order valence-corrected chi connectivity index (χ1v) is 8.55. The molecule has 1 aromatic rings. The number of aryl methyl sites for hydroxylation is 2. The maximum absolute atomic E-state index is 13.2. The highest BCUT2D eigenvalue weighted by atomic mass is 32.2. The molecule has 0 saturated heterocycles. The molecule has 114 valence electrons. The lowest BCUT2D eigenvalue weighted by Gasteiger charge is -2.17. The summed E-state index contributed by atoms with van der Waals surface area (Å²) in [6, 6.07) is 2.39. The number of hydrogen-bond acceptors (Lipinski definition) is 2. The molecule has 20 heavy (non-hydrogen) atoms. The fourth-order valence-corrected chi connectivity index (χ4v) is 4.14. The van der Waals surface area contributed by atoms with Gasteiger partial charge in [0.15, 0.2) is 0 Å². The molecule has 1 atom stereocenters. The van der Waals surface area contributed by atoms with Crippen molar-refractivity contribution >= 4 is 10.0 Å². The van der Waals surface area contributed by atoms with E-state index in [9.17, 15) is 12.8 Å². The second-order valence-corrected chi connectivity index (χ2v) is 7.04. The van der Waals surface area contributed by atoms with Crippen molar-refractivity contribution < 1.29 is 12.8 Å². The zero-order valence-corrected chi connectivity index (χ0v) is 13.5. The lowest BCUT2D eigenvalue weighted by molar-refractivity contribution is 0.526. The number of halogens is 1. The fraction of sp³-hybridized carbons (Fsp3) is 0.600. The zero-order chi connectivity index (χ0) is 15.3. The minimum atomic E-state index is -3.59. The van der Waals surface area contributed by atoms with Crippen molar-refractivity contribution in [1.29, 1.82) is 0 Å². The summed E-state index contributed by atoms with van der Waals surface area (Å²) in [5.74, 6) is -0.407. The summed E-state index contributed by atoms with van der Waals surface area (Å²) >= 11 is 0. The molecule has 5 heteroatoms. The first-order valence-electron chi connectivity index (χ1n) is 7.07. The van der Waals surface area contributed by atoms with Crippen LogP contribution in [0.4, 0.5) is 4.39 Å². The molecule has 1 N–H and O–H groups in total. The van der Waals surface area contributed by atoms with Gasteiger partial charge in [0.25, 0.3) is 0 Å². The Kier molecular flexibility index (Phi) is 6.14. The Morgan fingerprint density at radius 3 is 2.25 bits per heavy atom. The Bertz CT molecular complexity index is 532. The summed E-state index contributed by atoms with van der Waals surface area (Å²) in [7, 11) is -3.59. The third kappa shape index (κ3) is 4.56. The monoisotopic (exact) mass is 301 g/mol. The Morgan fingerprint density at radius 2 is 1.75 bits per heavy atom. The number of nitrogens with one attached hydrogen (secondary N) is 1. The highest BCUT2D eigenvalue weighted by molar-refractivity contribution is 7.89.